The summed E-state index contributed by atoms with van der Waals surface area (Å²) < 4.78 is 6.38. The molecule has 0 amide bonds. The molecule has 1 heterocycles. The molecule has 1 N–H and O–H groups in total. The highest BCUT2D eigenvalue weighted by Gasteiger charge is 2.10. The van der Waals surface area contributed by atoms with Crippen LogP contribution in [0.3, 0.4) is 0 Å². The zero-order valence-corrected chi connectivity index (χ0v) is 16.3. The Kier molecular flexibility index (Phi) is 6.00. The van der Waals surface area contributed by atoms with Crippen molar-refractivity contribution in [3.05, 3.63) is 63.4 Å². The van der Waals surface area contributed by atoms with Crippen molar-refractivity contribution >= 4 is 38.7 Å². The predicted molar refractivity (Wildman–Crippen MR) is 109 cm³/mol. The topological polar surface area (TPSA) is 70.3 Å². The van der Waals surface area contributed by atoms with Crippen LogP contribution < -0.4 is 10.2 Å². The van der Waals surface area contributed by atoms with Crippen LogP contribution in [0.2, 0.25) is 0 Å². The fraction of sp³-hybridized carbons (Fsp3) is 0.105. The molecule has 0 bridgehead atoms. The van der Waals surface area contributed by atoms with Crippen molar-refractivity contribution in [3.8, 4) is 23.1 Å². The third-order valence-corrected chi connectivity index (χ3v) is 4.74. The lowest BCUT2D eigenvalue weighted by atomic mass is 10.2. The highest BCUT2D eigenvalue weighted by Crippen LogP contribution is 2.25. The first kappa shape index (κ1) is 18.1. The van der Waals surface area contributed by atoms with Crippen LogP contribution >= 0.6 is 27.3 Å². The molecule has 26 heavy (non-hydrogen) atoms. The normalized spacial score (nSPS) is 11.0. The van der Waals surface area contributed by atoms with Crippen LogP contribution in [0.15, 0.2) is 63.5 Å². The van der Waals surface area contributed by atoms with Gasteiger partial charge in [0.1, 0.15) is 11.8 Å². The summed E-state index contributed by atoms with van der Waals surface area (Å²) >= 11 is 4.84. The van der Waals surface area contributed by atoms with E-state index in [1.54, 1.807) is 0 Å². The Hall–Kier alpha value is -2.69. The number of hydrogen-bond donors (Lipinski definition) is 1. The number of thiazole rings is 1. The van der Waals surface area contributed by atoms with Crippen LogP contribution in [0, 0.1) is 11.3 Å². The van der Waals surface area contributed by atoms with E-state index in [0.717, 1.165) is 27.2 Å². The average molecular weight is 427 g/mol. The lowest BCUT2D eigenvalue weighted by Gasteiger charge is -2.04. The van der Waals surface area contributed by atoms with E-state index in [9.17, 15) is 5.26 Å². The number of ether oxygens (including phenoxy) is 1. The average Bonchev–Trinajstić information content (AvgIpc) is 3.14. The van der Waals surface area contributed by atoms with Gasteiger partial charge in [0.25, 0.3) is 0 Å². The summed E-state index contributed by atoms with van der Waals surface area (Å²) in [6.45, 7) is 2.56. The van der Waals surface area contributed by atoms with E-state index in [0.29, 0.717) is 11.6 Å². The van der Waals surface area contributed by atoms with Gasteiger partial charge in [0.05, 0.1) is 18.0 Å². The number of benzene rings is 2. The van der Waals surface area contributed by atoms with E-state index in [-0.39, 0.29) is 5.71 Å². The van der Waals surface area contributed by atoms with Crippen LogP contribution in [0.4, 0.5) is 5.69 Å². The monoisotopic (exact) mass is 426 g/mol. The minimum atomic E-state index is 0.241. The third kappa shape index (κ3) is 4.48. The molecule has 0 fully saturated rings. The van der Waals surface area contributed by atoms with E-state index in [1.807, 2.05) is 60.8 Å². The quantitative estimate of drug-likeness (QED) is 0.428. The molecule has 0 aliphatic rings. The highest BCUT2D eigenvalue weighted by atomic mass is 79.9. The van der Waals surface area contributed by atoms with Crippen molar-refractivity contribution in [3.63, 3.8) is 0 Å². The smallest absolute Gasteiger partial charge is 0.196 e. The van der Waals surface area contributed by atoms with Crippen LogP contribution in [-0.2, 0) is 0 Å². The SMILES string of the molecule is CCOc1ccc(NN=C(C#N)c2nc(-c3cccc(Br)c3)cs2)cc1. The van der Waals surface area contributed by atoms with Gasteiger partial charge in [-0.2, -0.15) is 10.4 Å². The molecule has 0 aliphatic carbocycles. The van der Waals surface area contributed by atoms with Gasteiger partial charge in [0.15, 0.2) is 10.7 Å². The molecule has 7 heteroatoms. The molecule has 0 saturated carbocycles. The van der Waals surface area contributed by atoms with E-state index in [4.69, 9.17) is 4.74 Å². The number of nitrogens with one attached hydrogen (secondary N) is 1. The van der Waals surface area contributed by atoms with Crippen LogP contribution in [0.1, 0.15) is 11.9 Å². The fourth-order valence-electron chi connectivity index (χ4n) is 2.20. The molecule has 0 aliphatic heterocycles. The minimum absolute atomic E-state index is 0.241. The molecule has 0 radical (unpaired) electrons. The molecule has 130 valence electrons. The number of nitriles is 1. The van der Waals surface area contributed by atoms with Crippen molar-refractivity contribution in [1.29, 1.82) is 5.26 Å². The lowest BCUT2D eigenvalue weighted by Crippen LogP contribution is -2.01. The molecular formula is C19H15BrN4OS. The summed E-state index contributed by atoms with van der Waals surface area (Å²) in [4.78, 5) is 4.53. The van der Waals surface area contributed by atoms with Gasteiger partial charge in [-0.1, -0.05) is 28.1 Å². The molecule has 1 aromatic heterocycles. The van der Waals surface area contributed by atoms with Crippen molar-refractivity contribution in [2.24, 2.45) is 5.10 Å². The van der Waals surface area contributed by atoms with Gasteiger partial charge in [0, 0.05) is 15.4 Å². The minimum Gasteiger partial charge on any atom is -0.494 e. The number of hydrazone groups is 1. The van der Waals surface area contributed by atoms with Gasteiger partial charge in [-0.25, -0.2) is 4.98 Å². The van der Waals surface area contributed by atoms with Crippen LogP contribution in [0.25, 0.3) is 11.3 Å². The third-order valence-electron chi connectivity index (χ3n) is 3.40. The molecule has 2 aromatic carbocycles. The number of nitrogens with zero attached hydrogens (tertiary/aromatic N) is 3. The number of hydrogen-bond acceptors (Lipinski definition) is 6. The Balaban J connectivity index is 1.76. The predicted octanol–water partition coefficient (Wildman–Crippen LogP) is 5.31. The van der Waals surface area contributed by atoms with Gasteiger partial charge in [-0.15, -0.1) is 11.3 Å². The molecule has 0 unspecified atom stereocenters. The van der Waals surface area contributed by atoms with E-state index < -0.39 is 0 Å². The number of rotatable bonds is 6. The van der Waals surface area contributed by atoms with E-state index in [2.05, 4.69) is 37.5 Å². The first-order chi connectivity index (χ1) is 12.7. The molecule has 3 aromatic rings. The second kappa shape index (κ2) is 8.61. The van der Waals surface area contributed by atoms with Gasteiger partial charge < -0.3 is 4.74 Å². The summed E-state index contributed by atoms with van der Waals surface area (Å²) in [5.41, 5.74) is 5.70. The maximum Gasteiger partial charge on any atom is 0.196 e. The standard InChI is InChI=1S/C19H15BrN4OS/c1-2-25-16-8-6-15(7-9-16)23-24-17(11-21)19-22-18(12-26-19)13-4-3-5-14(20)10-13/h3-10,12,23H,2H2,1H3. The molecular weight excluding hydrogens is 412 g/mol. The van der Waals surface area contributed by atoms with Crippen LogP contribution in [0.5, 0.6) is 5.75 Å². The summed E-state index contributed by atoms with van der Waals surface area (Å²) in [7, 11) is 0. The van der Waals surface area contributed by atoms with Crippen molar-refractivity contribution in [2.45, 2.75) is 6.92 Å². The Morgan fingerprint density at radius 3 is 2.81 bits per heavy atom. The van der Waals surface area contributed by atoms with Crippen molar-refractivity contribution in [2.75, 3.05) is 12.0 Å². The first-order valence-electron chi connectivity index (χ1n) is 7.88. The van der Waals surface area contributed by atoms with E-state index in [1.165, 1.54) is 11.3 Å². The molecule has 0 saturated heterocycles. The second-order valence-corrected chi connectivity index (χ2v) is 6.96. The van der Waals surface area contributed by atoms with Gasteiger partial charge >= 0.3 is 0 Å². The summed E-state index contributed by atoms with van der Waals surface area (Å²) in [6, 6.07) is 17.4. The Morgan fingerprint density at radius 2 is 2.12 bits per heavy atom. The molecule has 0 spiro atoms. The number of anilines is 1. The largest absolute Gasteiger partial charge is 0.494 e. The lowest BCUT2D eigenvalue weighted by molar-refractivity contribution is 0.340. The Morgan fingerprint density at radius 1 is 1.31 bits per heavy atom. The van der Waals surface area contributed by atoms with E-state index >= 15 is 0 Å². The number of aromatic nitrogens is 1. The maximum absolute atomic E-state index is 9.41. The zero-order valence-electron chi connectivity index (χ0n) is 13.9. The van der Waals surface area contributed by atoms with Gasteiger partial charge in [-0.3, -0.25) is 5.43 Å². The number of halogens is 1. The second-order valence-electron chi connectivity index (χ2n) is 5.19. The van der Waals surface area contributed by atoms with Gasteiger partial charge in [-0.05, 0) is 43.3 Å². The first-order valence-corrected chi connectivity index (χ1v) is 9.55. The summed E-state index contributed by atoms with van der Waals surface area (Å²) in [5.74, 6) is 0.793. The zero-order chi connectivity index (χ0) is 18.4. The maximum atomic E-state index is 9.41. The van der Waals surface area contributed by atoms with Crippen molar-refractivity contribution < 1.29 is 4.74 Å². The Bertz CT molecular complexity index is 960. The summed E-state index contributed by atoms with van der Waals surface area (Å²) in [6.07, 6.45) is 0. The summed E-state index contributed by atoms with van der Waals surface area (Å²) in [5, 5.41) is 16.1. The molecule has 5 nitrogen and oxygen atoms in total. The van der Waals surface area contributed by atoms with Gasteiger partial charge in [0.2, 0.25) is 0 Å². The fourth-order valence-corrected chi connectivity index (χ4v) is 3.36. The Labute approximate surface area is 164 Å². The van der Waals surface area contributed by atoms with Crippen LogP contribution in [-0.4, -0.2) is 17.3 Å². The molecule has 0 atom stereocenters. The van der Waals surface area contributed by atoms with Crippen molar-refractivity contribution in [1.82, 2.24) is 4.98 Å². The molecule has 3 rings (SSSR count). The highest BCUT2D eigenvalue weighted by molar-refractivity contribution is 9.10.